The molecule has 0 unspecified atom stereocenters. The fraction of sp³-hybridized carbons (Fsp3) is 0.125. The van der Waals surface area contributed by atoms with Crippen molar-refractivity contribution in [2.24, 2.45) is 0 Å². The van der Waals surface area contributed by atoms with Crippen molar-refractivity contribution in [3.8, 4) is 34.5 Å². The highest BCUT2D eigenvalue weighted by Gasteiger charge is 2.09. The summed E-state index contributed by atoms with van der Waals surface area (Å²) in [6.07, 6.45) is -0.0315. The summed E-state index contributed by atoms with van der Waals surface area (Å²) in [5.74, 6) is 6.13. The van der Waals surface area contributed by atoms with Gasteiger partial charge in [0.2, 0.25) is 0 Å². The Morgan fingerprint density at radius 2 is 1.80 bits per heavy atom. The van der Waals surface area contributed by atoms with Crippen LogP contribution >= 0.6 is 23.2 Å². The molecule has 3 aromatic rings. The zero-order valence-electron chi connectivity index (χ0n) is 16.1. The predicted molar refractivity (Wildman–Crippen MR) is 119 cm³/mol. The van der Waals surface area contributed by atoms with Crippen molar-refractivity contribution in [1.29, 1.82) is 0 Å². The van der Waals surface area contributed by atoms with Crippen molar-refractivity contribution in [3.05, 3.63) is 81.8 Å². The number of carbonyl (C=O) groups is 1. The Kier molecular flexibility index (Phi) is 7.24. The zero-order valence-corrected chi connectivity index (χ0v) is 17.6. The standard InChI is InChI=1S/C24H18Cl2O4/c1-29-22-10-8-19(18-5-2-4-16(12-18)13-24(27)28)14-23(22)30-11-3-6-17-7-9-20(25)15-21(17)26/h2,4-5,7-10,12,14-15H,11,13H2,1H3,(H,27,28). The molecule has 0 bridgehead atoms. The summed E-state index contributed by atoms with van der Waals surface area (Å²) in [6, 6.07) is 18.0. The SMILES string of the molecule is COc1ccc(-c2cccc(CC(=O)O)c2)cc1OCC#Cc1ccc(Cl)cc1Cl. The van der Waals surface area contributed by atoms with Crippen LogP contribution in [0.2, 0.25) is 10.0 Å². The van der Waals surface area contributed by atoms with Crippen LogP contribution in [-0.2, 0) is 11.2 Å². The second-order valence-electron chi connectivity index (χ2n) is 6.35. The van der Waals surface area contributed by atoms with Crippen molar-refractivity contribution in [1.82, 2.24) is 0 Å². The van der Waals surface area contributed by atoms with Crippen LogP contribution in [-0.4, -0.2) is 24.8 Å². The fourth-order valence-electron chi connectivity index (χ4n) is 2.84. The first kappa shape index (κ1) is 21.6. The Morgan fingerprint density at radius 3 is 2.53 bits per heavy atom. The molecule has 0 aliphatic heterocycles. The molecule has 0 amide bonds. The lowest BCUT2D eigenvalue weighted by atomic mass is 10.0. The lowest BCUT2D eigenvalue weighted by Crippen LogP contribution is -2.00. The van der Waals surface area contributed by atoms with Gasteiger partial charge in [-0.05, 0) is 47.0 Å². The number of carboxylic acids is 1. The number of benzene rings is 3. The van der Waals surface area contributed by atoms with Gasteiger partial charge in [0, 0.05) is 10.6 Å². The van der Waals surface area contributed by atoms with E-state index in [1.54, 1.807) is 37.4 Å². The first-order chi connectivity index (χ1) is 14.5. The maximum Gasteiger partial charge on any atom is 0.307 e. The van der Waals surface area contributed by atoms with Crippen molar-refractivity contribution < 1.29 is 19.4 Å². The number of halogens is 2. The molecule has 30 heavy (non-hydrogen) atoms. The van der Waals surface area contributed by atoms with E-state index in [2.05, 4.69) is 11.8 Å². The number of methoxy groups -OCH3 is 1. The smallest absolute Gasteiger partial charge is 0.307 e. The summed E-state index contributed by atoms with van der Waals surface area (Å²) >= 11 is 12.0. The van der Waals surface area contributed by atoms with Crippen molar-refractivity contribution in [3.63, 3.8) is 0 Å². The lowest BCUT2D eigenvalue weighted by Gasteiger charge is -2.11. The Balaban J connectivity index is 1.79. The molecule has 0 spiro atoms. The topological polar surface area (TPSA) is 55.8 Å². The molecule has 0 radical (unpaired) electrons. The fourth-order valence-corrected chi connectivity index (χ4v) is 3.30. The average Bonchev–Trinajstić information content (AvgIpc) is 2.72. The number of rotatable bonds is 6. The molecule has 0 heterocycles. The monoisotopic (exact) mass is 440 g/mol. The highest BCUT2D eigenvalue weighted by atomic mass is 35.5. The molecule has 0 aliphatic carbocycles. The van der Waals surface area contributed by atoms with Crippen LogP contribution in [0, 0.1) is 11.8 Å². The van der Waals surface area contributed by atoms with E-state index in [4.69, 9.17) is 37.8 Å². The normalized spacial score (nSPS) is 10.1. The summed E-state index contributed by atoms with van der Waals surface area (Å²) in [5, 5.41) is 10.0. The van der Waals surface area contributed by atoms with Crippen LogP contribution in [0.3, 0.4) is 0 Å². The number of ether oxygens (including phenoxy) is 2. The third-order valence-corrected chi connectivity index (χ3v) is 4.78. The Morgan fingerprint density at radius 1 is 1.00 bits per heavy atom. The maximum absolute atomic E-state index is 11.0. The minimum absolute atomic E-state index is 0.0315. The molecule has 3 aromatic carbocycles. The van der Waals surface area contributed by atoms with Gasteiger partial charge < -0.3 is 14.6 Å². The number of aliphatic carboxylic acids is 1. The second-order valence-corrected chi connectivity index (χ2v) is 7.19. The second kappa shape index (κ2) is 10.1. The first-order valence-corrected chi connectivity index (χ1v) is 9.77. The summed E-state index contributed by atoms with van der Waals surface area (Å²) in [6.45, 7) is 0.137. The van der Waals surface area contributed by atoms with E-state index >= 15 is 0 Å². The van der Waals surface area contributed by atoms with Gasteiger partial charge in [-0.25, -0.2) is 0 Å². The Labute approximate surface area is 185 Å². The van der Waals surface area contributed by atoms with Crippen LogP contribution in [0.4, 0.5) is 0 Å². The van der Waals surface area contributed by atoms with E-state index in [-0.39, 0.29) is 13.0 Å². The summed E-state index contributed by atoms with van der Waals surface area (Å²) < 4.78 is 11.2. The molecule has 152 valence electrons. The van der Waals surface area contributed by atoms with E-state index in [0.717, 1.165) is 16.7 Å². The lowest BCUT2D eigenvalue weighted by molar-refractivity contribution is -0.136. The van der Waals surface area contributed by atoms with Gasteiger partial charge in [-0.1, -0.05) is 65.4 Å². The van der Waals surface area contributed by atoms with Gasteiger partial charge in [-0.15, -0.1) is 0 Å². The van der Waals surface area contributed by atoms with E-state index < -0.39 is 5.97 Å². The molecule has 0 aromatic heterocycles. The van der Waals surface area contributed by atoms with Gasteiger partial charge in [0.1, 0.15) is 6.61 Å². The highest BCUT2D eigenvalue weighted by molar-refractivity contribution is 6.35. The molecule has 1 N–H and O–H groups in total. The Bertz CT molecular complexity index is 1130. The predicted octanol–water partition coefficient (Wildman–Crippen LogP) is 5.73. The van der Waals surface area contributed by atoms with Gasteiger partial charge >= 0.3 is 5.97 Å². The van der Waals surface area contributed by atoms with Gasteiger partial charge in [-0.3, -0.25) is 4.79 Å². The van der Waals surface area contributed by atoms with Gasteiger partial charge in [0.15, 0.2) is 11.5 Å². The zero-order chi connectivity index (χ0) is 21.5. The molecule has 0 saturated carbocycles. The molecule has 6 heteroatoms. The van der Waals surface area contributed by atoms with E-state index in [1.807, 2.05) is 30.3 Å². The molecule has 0 fully saturated rings. The molecule has 4 nitrogen and oxygen atoms in total. The van der Waals surface area contributed by atoms with Crippen molar-refractivity contribution in [2.75, 3.05) is 13.7 Å². The van der Waals surface area contributed by atoms with Gasteiger partial charge in [-0.2, -0.15) is 0 Å². The van der Waals surface area contributed by atoms with Gasteiger partial charge in [0.25, 0.3) is 0 Å². The molecule has 0 atom stereocenters. The first-order valence-electron chi connectivity index (χ1n) is 9.02. The van der Waals surface area contributed by atoms with Crippen LogP contribution in [0.5, 0.6) is 11.5 Å². The van der Waals surface area contributed by atoms with Crippen LogP contribution in [0.15, 0.2) is 60.7 Å². The summed E-state index contributed by atoms with van der Waals surface area (Å²) in [4.78, 5) is 11.0. The molecule has 0 saturated heterocycles. The average molecular weight is 441 g/mol. The summed E-state index contributed by atoms with van der Waals surface area (Å²) in [5.41, 5.74) is 3.16. The van der Waals surface area contributed by atoms with E-state index in [0.29, 0.717) is 27.1 Å². The quantitative estimate of drug-likeness (QED) is 0.497. The van der Waals surface area contributed by atoms with Crippen LogP contribution in [0.1, 0.15) is 11.1 Å². The van der Waals surface area contributed by atoms with Crippen LogP contribution < -0.4 is 9.47 Å². The summed E-state index contributed by atoms with van der Waals surface area (Å²) in [7, 11) is 1.56. The minimum atomic E-state index is -0.870. The van der Waals surface area contributed by atoms with Crippen LogP contribution in [0.25, 0.3) is 11.1 Å². The number of hydrogen-bond donors (Lipinski definition) is 1. The minimum Gasteiger partial charge on any atom is -0.493 e. The largest absolute Gasteiger partial charge is 0.493 e. The number of carboxylic acid groups (broad SMARTS) is 1. The number of hydrogen-bond acceptors (Lipinski definition) is 3. The van der Waals surface area contributed by atoms with E-state index in [9.17, 15) is 4.79 Å². The Hall–Kier alpha value is -3.13. The molecular formula is C24H18Cl2O4. The van der Waals surface area contributed by atoms with Gasteiger partial charge in [0.05, 0.1) is 18.6 Å². The maximum atomic E-state index is 11.0. The van der Waals surface area contributed by atoms with Crippen molar-refractivity contribution >= 4 is 29.2 Å². The third kappa shape index (κ3) is 5.70. The van der Waals surface area contributed by atoms with Crippen molar-refractivity contribution in [2.45, 2.75) is 6.42 Å². The third-order valence-electron chi connectivity index (χ3n) is 4.23. The highest BCUT2D eigenvalue weighted by Crippen LogP contribution is 2.33. The molecule has 3 rings (SSSR count). The van der Waals surface area contributed by atoms with E-state index in [1.165, 1.54) is 0 Å². The molecule has 0 aliphatic rings. The molecular weight excluding hydrogens is 423 g/mol.